The van der Waals surface area contributed by atoms with Gasteiger partial charge in [0.2, 0.25) is 0 Å². The number of hydrogen-bond donors (Lipinski definition) is 1. The van der Waals surface area contributed by atoms with Gasteiger partial charge in [0.15, 0.2) is 11.6 Å². The summed E-state index contributed by atoms with van der Waals surface area (Å²) in [6.45, 7) is 1.91. The van der Waals surface area contributed by atoms with Crippen molar-refractivity contribution >= 4 is 22.6 Å². The number of nitrogens with one attached hydrogen (secondary N) is 1. The summed E-state index contributed by atoms with van der Waals surface area (Å²) in [5.74, 6) is 0.387. The van der Waals surface area contributed by atoms with E-state index in [1.807, 2.05) is 0 Å². The summed E-state index contributed by atoms with van der Waals surface area (Å²) in [6, 6.07) is 1.68. The Morgan fingerprint density at radius 1 is 1.33 bits per heavy atom. The Labute approximate surface area is 151 Å². The first kappa shape index (κ1) is 16.8. The number of nitrogens with zero attached hydrogens (tertiary/aromatic N) is 6. The van der Waals surface area contributed by atoms with E-state index in [0.29, 0.717) is 28.2 Å². The molecule has 0 fully saturated rings. The first-order valence-corrected chi connectivity index (χ1v) is 7.93. The lowest BCUT2D eigenvalue weighted by atomic mass is 10.2. The molecule has 0 radical (unpaired) electrons. The van der Waals surface area contributed by atoms with Crippen molar-refractivity contribution in [3.05, 3.63) is 45.9 Å². The van der Waals surface area contributed by atoms with Crippen LogP contribution < -0.4 is 5.56 Å². The average molecular weight is 369 g/mol. The van der Waals surface area contributed by atoms with Gasteiger partial charge < -0.3 is 9.47 Å². The summed E-state index contributed by atoms with van der Waals surface area (Å²) < 4.78 is 12.6. The standard InChI is InChI=1S/C16H15N7O4/c1-8-12(15(25)27-3)13(20-19-8)22-5-4-10-9(14(22)24)6-17-16-18-11(7-26-2)21-23(10)16/h4-6H,7H2,1-3H3,(H,19,20). The summed E-state index contributed by atoms with van der Waals surface area (Å²) in [4.78, 5) is 33.5. The number of aryl methyl sites for hydroxylation is 1. The van der Waals surface area contributed by atoms with Crippen molar-refractivity contribution in [2.45, 2.75) is 13.5 Å². The zero-order chi connectivity index (χ0) is 19.1. The summed E-state index contributed by atoms with van der Waals surface area (Å²) >= 11 is 0. The van der Waals surface area contributed by atoms with E-state index in [2.05, 4.69) is 25.3 Å². The number of rotatable bonds is 4. The fourth-order valence-electron chi connectivity index (χ4n) is 2.85. The molecule has 0 atom stereocenters. The number of carbonyl (C=O) groups is 1. The Bertz CT molecular complexity index is 1240. The van der Waals surface area contributed by atoms with Crippen molar-refractivity contribution in [3.8, 4) is 5.82 Å². The molecule has 0 aliphatic carbocycles. The maximum Gasteiger partial charge on any atom is 0.343 e. The van der Waals surface area contributed by atoms with Crippen LogP contribution in [-0.4, -0.2) is 54.5 Å². The second kappa shape index (κ2) is 6.29. The van der Waals surface area contributed by atoms with Gasteiger partial charge in [-0.25, -0.2) is 9.78 Å². The van der Waals surface area contributed by atoms with Crippen LogP contribution in [0.15, 0.2) is 23.3 Å². The van der Waals surface area contributed by atoms with E-state index >= 15 is 0 Å². The molecular formula is C16H15N7O4. The molecule has 0 amide bonds. The van der Waals surface area contributed by atoms with Gasteiger partial charge in [-0.3, -0.25) is 14.5 Å². The number of H-pyrrole nitrogens is 1. The van der Waals surface area contributed by atoms with Gasteiger partial charge in [0.25, 0.3) is 11.3 Å². The molecule has 4 aromatic heterocycles. The van der Waals surface area contributed by atoms with E-state index in [9.17, 15) is 9.59 Å². The SMILES string of the molecule is COCc1nc2ncc3c(=O)n(-c4n[nH]c(C)c4C(=O)OC)ccc3n2n1. The predicted octanol–water partition coefficient (Wildman–Crippen LogP) is 0.393. The normalized spacial score (nSPS) is 11.4. The monoisotopic (exact) mass is 369 g/mol. The summed E-state index contributed by atoms with van der Waals surface area (Å²) in [6.07, 6.45) is 2.94. The minimum atomic E-state index is -0.586. The zero-order valence-corrected chi connectivity index (χ0v) is 14.8. The van der Waals surface area contributed by atoms with Crippen molar-refractivity contribution in [3.63, 3.8) is 0 Å². The maximum atomic E-state index is 13.0. The van der Waals surface area contributed by atoms with Crippen molar-refractivity contribution in [1.29, 1.82) is 0 Å². The number of hydrogen-bond acceptors (Lipinski definition) is 8. The highest BCUT2D eigenvalue weighted by molar-refractivity contribution is 5.94. The Hall–Kier alpha value is -3.60. The quantitative estimate of drug-likeness (QED) is 0.512. The lowest BCUT2D eigenvalue weighted by molar-refractivity contribution is 0.0600. The van der Waals surface area contributed by atoms with Crippen molar-refractivity contribution in [2.75, 3.05) is 14.2 Å². The van der Waals surface area contributed by atoms with Crippen LogP contribution in [0.2, 0.25) is 0 Å². The molecular weight excluding hydrogens is 354 g/mol. The largest absolute Gasteiger partial charge is 0.465 e. The molecule has 0 bridgehead atoms. The van der Waals surface area contributed by atoms with E-state index in [1.54, 1.807) is 20.1 Å². The molecule has 4 rings (SSSR count). The highest BCUT2D eigenvalue weighted by atomic mass is 16.5. The highest BCUT2D eigenvalue weighted by Crippen LogP contribution is 2.17. The molecule has 4 aromatic rings. The molecule has 1 N–H and O–H groups in total. The van der Waals surface area contributed by atoms with Crippen LogP contribution in [0.25, 0.3) is 22.5 Å². The number of ether oxygens (including phenoxy) is 2. The number of methoxy groups -OCH3 is 2. The number of aromatic amines is 1. The number of fused-ring (bicyclic) bond motifs is 3. The fourth-order valence-corrected chi connectivity index (χ4v) is 2.85. The number of esters is 1. The Balaban J connectivity index is 1.95. The molecule has 0 aliphatic heterocycles. The Morgan fingerprint density at radius 2 is 2.15 bits per heavy atom. The molecule has 0 aliphatic rings. The van der Waals surface area contributed by atoms with Crippen LogP contribution >= 0.6 is 0 Å². The van der Waals surface area contributed by atoms with Crippen LogP contribution in [-0.2, 0) is 16.1 Å². The van der Waals surface area contributed by atoms with Gasteiger partial charge in [0.1, 0.15) is 12.2 Å². The molecule has 4 heterocycles. The molecule has 11 nitrogen and oxygen atoms in total. The van der Waals surface area contributed by atoms with Crippen LogP contribution in [0.1, 0.15) is 21.9 Å². The van der Waals surface area contributed by atoms with Gasteiger partial charge in [-0.05, 0) is 13.0 Å². The Kier molecular flexibility index (Phi) is 3.92. The highest BCUT2D eigenvalue weighted by Gasteiger charge is 2.22. The molecule has 0 aromatic carbocycles. The van der Waals surface area contributed by atoms with Crippen molar-refractivity contribution in [2.24, 2.45) is 0 Å². The lowest BCUT2D eigenvalue weighted by Crippen LogP contribution is -2.21. The van der Waals surface area contributed by atoms with Crippen LogP contribution in [0.3, 0.4) is 0 Å². The van der Waals surface area contributed by atoms with Gasteiger partial charge in [-0.15, -0.1) is 5.10 Å². The topological polar surface area (TPSA) is 129 Å². The van der Waals surface area contributed by atoms with E-state index in [4.69, 9.17) is 9.47 Å². The first-order chi connectivity index (χ1) is 13.0. The summed E-state index contributed by atoms with van der Waals surface area (Å²) in [5.41, 5.74) is 0.819. The third-order valence-corrected chi connectivity index (χ3v) is 4.10. The predicted molar refractivity (Wildman–Crippen MR) is 92.8 cm³/mol. The van der Waals surface area contributed by atoms with E-state index in [0.717, 1.165) is 0 Å². The third kappa shape index (κ3) is 2.56. The fraction of sp³-hybridized carbons (Fsp3) is 0.250. The van der Waals surface area contributed by atoms with Crippen molar-refractivity contribution in [1.82, 2.24) is 34.3 Å². The maximum absolute atomic E-state index is 13.0. The zero-order valence-electron chi connectivity index (χ0n) is 14.8. The minimum absolute atomic E-state index is 0.157. The van der Waals surface area contributed by atoms with Crippen LogP contribution in [0.5, 0.6) is 0 Å². The molecule has 138 valence electrons. The summed E-state index contributed by atoms with van der Waals surface area (Å²) in [5, 5.41) is 11.4. The van der Waals surface area contributed by atoms with E-state index in [1.165, 1.54) is 28.6 Å². The molecule has 11 heteroatoms. The van der Waals surface area contributed by atoms with Crippen LogP contribution in [0.4, 0.5) is 0 Å². The van der Waals surface area contributed by atoms with Gasteiger partial charge in [0.05, 0.1) is 18.0 Å². The second-order valence-electron chi connectivity index (χ2n) is 5.76. The van der Waals surface area contributed by atoms with Gasteiger partial charge >= 0.3 is 5.97 Å². The average Bonchev–Trinajstić information content (AvgIpc) is 3.25. The molecule has 0 spiro atoms. The van der Waals surface area contributed by atoms with Gasteiger partial charge in [-0.2, -0.15) is 14.6 Å². The lowest BCUT2D eigenvalue weighted by Gasteiger charge is -2.07. The number of carbonyl (C=O) groups excluding carboxylic acids is 1. The van der Waals surface area contributed by atoms with Gasteiger partial charge in [-0.1, -0.05) is 0 Å². The van der Waals surface area contributed by atoms with E-state index in [-0.39, 0.29) is 18.0 Å². The van der Waals surface area contributed by atoms with E-state index < -0.39 is 11.5 Å². The third-order valence-electron chi connectivity index (χ3n) is 4.10. The molecule has 27 heavy (non-hydrogen) atoms. The number of pyridine rings is 1. The van der Waals surface area contributed by atoms with Crippen LogP contribution in [0, 0.1) is 6.92 Å². The molecule has 0 saturated heterocycles. The minimum Gasteiger partial charge on any atom is -0.465 e. The van der Waals surface area contributed by atoms with Crippen molar-refractivity contribution < 1.29 is 14.3 Å². The number of aromatic nitrogens is 7. The first-order valence-electron chi connectivity index (χ1n) is 7.93. The smallest absolute Gasteiger partial charge is 0.343 e. The van der Waals surface area contributed by atoms with Gasteiger partial charge in [0, 0.05) is 25.2 Å². The Morgan fingerprint density at radius 3 is 2.89 bits per heavy atom. The summed E-state index contributed by atoms with van der Waals surface area (Å²) in [7, 11) is 2.81. The molecule has 0 saturated carbocycles. The second-order valence-corrected chi connectivity index (χ2v) is 5.76. The molecule has 0 unspecified atom stereocenters.